The molecule has 7 nitrogen and oxygen atoms in total. The molecule has 4 rings (SSSR count). The molecule has 1 aliphatic heterocycles. The number of urea groups is 1. The lowest BCUT2D eigenvalue weighted by Gasteiger charge is -2.35. The highest BCUT2D eigenvalue weighted by molar-refractivity contribution is 5.87. The number of nitrogens with zero attached hydrogens (tertiary/aromatic N) is 3. The van der Waals surface area contributed by atoms with Crippen LogP contribution >= 0.6 is 0 Å². The quantitative estimate of drug-likeness (QED) is 0.505. The lowest BCUT2D eigenvalue weighted by Crippen LogP contribution is -2.46. The molecule has 0 saturated heterocycles. The molecule has 2 amide bonds. The van der Waals surface area contributed by atoms with Crippen LogP contribution in [0, 0.1) is 20.8 Å². The third-order valence-electron chi connectivity index (χ3n) is 6.16. The van der Waals surface area contributed by atoms with Crippen LogP contribution in [0.2, 0.25) is 0 Å². The van der Waals surface area contributed by atoms with Gasteiger partial charge in [0.25, 0.3) is 5.89 Å². The maximum atomic E-state index is 13.0. The first-order chi connectivity index (χ1) is 15.9. The van der Waals surface area contributed by atoms with Gasteiger partial charge in [-0.2, -0.15) is 4.98 Å². The summed E-state index contributed by atoms with van der Waals surface area (Å²) in [5.41, 5.74) is 6.99. The third-order valence-corrected chi connectivity index (χ3v) is 6.16. The number of aromatic nitrogens is 2. The van der Waals surface area contributed by atoms with E-state index in [0.717, 1.165) is 39.9 Å². The molecular formula is C26H30N4O3. The molecule has 0 fully saturated rings. The smallest absolute Gasteiger partial charge is 0.322 e. The Balaban J connectivity index is 1.78. The summed E-state index contributed by atoms with van der Waals surface area (Å²) in [5, 5.41) is 7.39. The van der Waals surface area contributed by atoms with Gasteiger partial charge in [-0.05, 0) is 50.8 Å². The standard InChI is InChI=1S/C26H30N4O3/c1-16-7-10-20(11-8-16)24-28-25(33-29-24)22-19(4)30(13-6-14-32-5)26(31)27-23(22)21-12-9-17(2)18(3)15-21/h7-12,15,23H,6,13-14H2,1-5H3,(H,27,31). The molecule has 1 aliphatic rings. The van der Waals surface area contributed by atoms with E-state index < -0.39 is 0 Å². The van der Waals surface area contributed by atoms with Gasteiger partial charge in [0.1, 0.15) is 0 Å². The van der Waals surface area contributed by atoms with Crippen molar-refractivity contribution in [2.45, 2.75) is 40.2 Å². The normalized spacial score (nSPS) is 16.3. The zero-order valence-electron chi connectivity index (χ0n) is 19.8. The number of methoxy groups -OCH3 is 1. The van der Waals surface area contributed by atoms with Crippen molar-refractivity contribution in [2.75, 3.05) is 20.3 Å². The average Bonchev–Trinajstić information content (AvgIpc) is 3.27. The van der Waals surface area contributed by atoms with Crippen molar-refractivity contribution in [1.29, 1.82) is 0 Å². The Hall–Kier alpha value is -3.45. The summed E-state index contributed by atoms with van der Waals surface area (Å²) in [4.78, 5) is 19.5. The van der Waals surface area contributed by atoms with Crippen LogP contribution in [0.15, 0.2) is 52.7 Å². The molecule has 0 saturated carbocycles. The molecule has 3 aromatic rings. The van der Waals surface area contributed by atoms with E-state index in [2.05, 4.69) is 36.5 Å². The maximum absolute atomic E-state index is 13.0. The Labute approximate surface area is 194 Å². The number of allylic oxidation sites excluding steroid dienone is 1. The maximum Gasteiger partial charge on any atom is 0.322 e. The number of ether oxygens (including phenoxy) is 1. The van der Waals surface area contributed by atoms with Gasteiger partial charge in [0.2, 0.25) is 5.82 Å². The molecule has 0 radical (unpaired) electrons. The summed E-state index contributed by atoms with van der Waals surface area (Å²) in [6.45, 7) is 9.23. The highest BCUT2D eigenvalue weighted by atomic mass is 16.5. The molecule has 0 aliphatic carbocycles. The Morgan fingerprint density at radius 2 is 1.82 bits per heavy atom. The molecule has 2 aromatic carbocycles. The summed E-state index contributed by atoms with van der Waals surface area (Å²) in [5.74, 6) is 0.926. The van der Waals surface area contributed by atoms with Gasteiger partial charge in [0.15, 0.2) is 0 Å². The van der Waals surface area contributed by atoms with Gasteiger partial charge in [-0.25, -0.2) is 4.79 Å². The van der Waals surface area contributed by atoms with Crippen molar-refractivity contribution < 1.29 is 14.1 Å². The number of carbonyl (C=O) groups is 1. The van der Waals surface area contributed by atoms with Gasteiger partial charge >= 0.3 is 6.03 Å². The monoisotopic (exact) mass is 446 g/mol. The predicted octanol–water partition coefficient (Wildman–Crippen LogP) is 5.20. The molecule has 1 aromatic heterocycles. The minimum atomic E-state index is -0.387. The first kappa shape index (κ1) is 22.7. The van der Waals surface area contributed by atoms with Crippen molar-refractivity contribution in [1.82, 2.24) is 20.4 Å². The number of benzene rings is 2. The topological polar surface area (TPSA) is 80.5 Å². The van der Waals surface area contributed by atoms with Crippen LogP contribution in [-0.2, 0) is 4.74 Å². The summed E-state index contributed by atoms with van der Waals surface area (Å²) >= 11 is 0. The Kier molecular flexibility index (Phi) is 6.60. The predicted molar refractivity (Wildman–Crippen MR) is 127 cm³/mol. The lowest BCUT2D eigenvalue weighted by atomic mass is 9.92. The fraction of sp³-hybridized carbons (Fsp3) is 0.346. The van der Waals surface area contributed by atoms with Gasteiger partial charge in [0.05, 0.1) is 11.6 Å². The number of hydrogen-bond donors (Lipinski definition) is 1. The summed E-state index contributed by atoms with van der Waals surface area (Å²) in [7, 11) is 1.66. The van der Waals surface area contributed by atoms with E-state index in [1.54, 1.807) is 12.0 Å². The minimum Gasteiger partial charge on any atom is -0.385 e. The van der Waals surface area contributed by atoms with Crippen molar-refractivity contribution >= 4 is 11.6 Å². The SMILES string of the molecule is COCCCN1C(=O)NC(c2ccc(C)c(C)c2)C(c2nc(-c3ccc(C)cc3)no2)=C1C. The number of nitrogens with one attached hydrogen (secondary N) is 1. The molecule has 0 spiro atoms. The summed E-state index contributed by atoms with van der Waals surface area (Å²) < 4.78 is 10.9. The van der Waals surface area contributed by atoms with Gasteiger partial charge in [-0.15, -0.1) is 0 Å². The molecule has 33 heavy (non-hydrogen) atoms. The Morgan fingerprint density at radius 3 is 2.52 bits per heavy atom. The van der Waals surface area contributed by atoms with Crippen molar-refractivity contribution in [2.24, 2.45) is 0 Å². The Bertz CT molecular complexity index is 1180. The van der Waals surface area contributed by atoms with E-state index in [1.165, 1.54) is 5.56 Å². The zero-order chi connectivity index (χ0) is 23.5. The van der Waals surface area contributed by atoms with E-state index in [4.69, 9.17) is 14.2 Å². The molecule has 2 heterocycles. The summed E-state index contributed by atoms with van der Waals surface area (Å²) in [6.07, 6.45) is 0.724. The van der Waals surface area contributed by atoms with E-state index >= 15 is 0 Å². The highest BCUT2D eigenvalue weighted by Crippen LogP contribution is 2.37. The molecule has 1 unspecified atom stereocenters. The number of amides is 2. The second-order valence-electron chi connectivity index (χ2n) is 8.51. The molecule has 172 valence electrons. The van der Waals surface area contributed by atoms with Gasteiger partial charge in [0, 0.05) is 31.5 Å². The van der Waals surface area contributed by atoms with Crippen LogP contribution in [0.5, 0.6) is 0 Å². The fourth-order valence-corrected chi connectivity index (χ4v) is 4.04. The second-order valence-corrected chi connectivity index (χ2v) is 8.51. The highest BCUT2D eigenvalue weighted by Gasteiger charge is 2.35. The summed E-state index contributed by atoms with van der Waals surface area (Å²) in [6, 6.07) is 13.7. The molecule has 7 heteroatoms. The number of hydrogen-bond acceptors (Lipinski definition) is 5. The van der Waals surface area contributed by atoms with Gasteiger partial charge in [-0.3, -0.25) is 4.90 Å². The van der Waals surface area contributed by atoms with Gasteiger partial charge < -0.3 is 14.6 Å². The first-order valence-corrected chi connectivity index (χ1v) is 11.1. The van der Waals surface area contributed by atoms with Crippen molar-refractivity contribution in [3.63, 3.8) is 0 Å². The van der Waals surface area contributed by atoms with Crippen LogP contribution in [-0.4, -0.2) is 41.3 Å². The van der Waals surface area contributed by atoms with Crippen LogP contribution < -0.4 is 5.32 Å². The van der Waals surface area contributed by atoms with E-state index in [-0.39, 0.29) is 12.1 Å². The molecule has 1 atom stereocenters. The van der Waals surface area contributed by atoms with Crippen LogP contribution in [0.25, 0.3) is 17.0 Å². The van der Waals surface area contributed by atoms with Crippen molar-refractivity contribution in [3.8, 4) is 11.4 Å². The van der Waals surface area contributed by atoms with Crippen LogP contribution in [0.4, 0.5) is 4.79 Å². The Morgan fingerprint density at radius 1 is 1.06 bits per heavy atom. The average molecular weight is 447 g/mol. The largest absolute Gasteiger partial charge is 0.385 e. The van der Waals surface area contributed by atoms with E-state index in [1.807, 2.05) is 44.2 Å². The second kappa shape index (κ2) is 9.58. The molecule has 0 bridgehead atoms. The number of carbonyl (C=O) groups excluding carboxylic acids is 1. The minimum absolute atomic E-state index is 0.145. The van der Waals surface area contributed by atoms with Crippen LogP contribution in [0.1, 0.15) is 47.5 Å². The first-order valence-electron chi connectivity index (χ1n) is 11.1. The number of aryl methyl sites for hydroxylation is 3. The van der Waals surface area contributed by atoms with E-state index in [0.29, 0.717) is 24.9 Å². The third kappa shape index (κ3) is 4.68. The van der Waals surface area contributed by atoms with E-state index in [9.17, 15) is 4.79 Å². The lowest BCUT2D eigenvalue weighted by molar-refractivity contribution is 0.174. The van der Waals surface area contributed by atoms with Gasteiger partial charge in [-0.1, -0.05) is 53.2 Å². The zero-order valence-corrected chi connectivity index (χ0v) is 19.8. The van der Waals surface area contributed by atoms with Crippen LogP contribution in [0.3, 0.4) is 0 Å². The molecular weight excluding hydrogens is 416 g/mol. The van der Waals surface area contributed by atoms with Crippen molar-refractivity contribution in [3.05, 3.63) is 76.3 Å². The number of rotatable bonds is 7. The molecule has 1 N–H and O–H groups in total. The fourth-order valence-electron chi connectivity index (χ4n) is 4.04.